The first-order chi connectivity index (χ1) is 10.2. The van der Waals surface area contributed by atoms with Crippen LogP contribution in [0.3, 0.4) is 0 Å². The van der Waals surface area contributed by atoms with Gasteiger partial charge in [-0.3, -0.25) is 15.1 Å². The second-order valence-electron chi connectivity index (χ2n) is 4.90. The van der Waals surface area contributed by atoms with E-state index in [1.807, 2.05) is 0 Å². The molecule has 1 aliphatic heterocycles. The molecule has 3 rings (SSSR count). The summed E-state index contributed by atoms with van der Waals surface area (Å²) in [5.74, 6) is -0.640. The maximum Gasteiger partial charge on any atom is 0.260 e. The molecule has 0 aliphatic carbocycles. The van der Waals surface area contributed by atoms with E-state index >= 15 is 0 Å². The van der Waals surface area contributed by atoms with Gasteiger partial charge < -0.3 is 5.32 Å². The molecule has 7 heteroatoms. The molecule has 2 aromatic heterocycles. The summed E-state index contributed by atoms with van der Waals surface area (Å²) in [5, 5.41) is 6.47. The van der Waals surface area contributed by atoms with E-state index in [4.69, 9.17) is 0 Å². The highest BCUT2D eigenvalue weighted by Gasteiger charge is 2.19. The van der Waals surface area contributed by atoms with Crippen LogP contribution in [-0.2, 0) is 0 Å². The lowest BCUT2D eigenvalue weighted by molar-refractivity contribution is 0.102. The maximum atomic E-state index is 13.5. The van der Waals surface area contributed by atoms with Gasteiger partial charge in [0.1, 0.15) is 0 Å². The van der Waals surface area contributed by atoms with Gasteiger partial charge in [-0.2, -0.15) is 0 Å². The molecular formula is C14H15FN4OS. The number of aromatic nitrogens is 2. The number of anilines is 1. The number of piperidine rings is 1. The standard InChI is InChI=1S/C14H15FN4OS/c15-11-7-17-6-3-10(11)13(20)19-14-18-8-12(21-14)9-1-4-16-5-2-9/h3,6-9,16H,1-2,4-5H2,(H,18,19,20). The molecule has 2 N–H and O–H groups in total. The quantitative estimate of drug-likeness (QED) is 0.914. The van der Waals surface area contributed by atoms with Crippen molar-refractivity contribution in [1.82, 2.24) is 15.3 Å². The van der Waals surface area contributed by atoms with Crippen LogP contribution in [-0.4, -0.2) is 29.0 Å². The van der Waals surface area contributed by atoms with Crippen molar-refractivity contribution < 1.29 is 9.18 Å². The van der Waals surface area contributed by atoms with Gasteiger partial charge >= 0.3 is 0 Å². The van der Waals surface area contributed by atoms with E-state index in [1.54, 1.807) is 6.20 Å². The Hall–Kier alpha value is -1.86. The summed E-state index contributed by atoms with van der Waals surface area (Å²) in [6.45, 7) is 2.01. The van der Waals surface area contributed by atoms with E-state index in [-0.39, 0.29) is 5.56 Å². The fourth-order valence-electron chi connectivity index (χ4n) is 2.36. The van der Waals surface area contributed by atoms with Crippen molar-refractivity contribution in [2.75, 3.05) is 18.4 Å². The number of halogens is 1. The predicted octanol–water partition coefficient (Wildman–Crippen LogP) is 2.40. The minimum absolute atomic E-state index is 0.0244. The van der Waals surface area contributed by atoms with Crippen molar-refractivity contribution >= 4 is 22.4 Å². The molecule has 110 valence electrons. The Morgan fingerprint density at radius 3 is 2.95 bits per heavy atom. The Bertz CT molecular complexity index is 639. The molecule has 2 aromatic rings. The highest BCUT2D eigenvalue weighted by molar-refractivity contribution is 7.15. The normalized spacial score (nSPS) is 15.9. The number of carbonyl (C=O) groups is 1. The van der Waals surface area contributed by atoms with Gasteiger partial charge in [-0.15, -0.1) is 11.3 Å². The van der Waals surface area contributed by atoms with Gasteiger partial charge in [-0.1, -0.05) is 0 Å². The van der Waals surface area contributed by atoms with Crippen LogP contribution in [0.25, 0.3) is 0 Å². The van der Waals surface area contributed by atoms with E-state index in [0.717, 1.165) is 32.1 Å². The monoisotopic (exact) mass is 306 g/mol. The first-order valence-corrected chi connectivity index (χ1v) is 7.63. The van der Waals surface area contributed by atoms with Gasteiger partial charge in [0, 0.05) is 17.3 Å². The number of amides is 1. The number of nitrogens with one attached hydrogen (secondary N) is 2. The topological polar surface area (TPSA) is 66.9 Å². The van der Waals surface area contributed by atoms with Crippen LogP contribution in [0.5, 0.6) is 0 Å². The second kappa shape index (κ2) is 6.28. The SMILES string of the molecule is O=C(Nc1ncc(C2CCNCC2)s1)c1ccncc1F. The van der Waals surface area contributed by atoms with Crippen molar-refractivity contribution in [3.63, 3.8) is 0 Å². The number of rotatable bonds is 3. The van der Waals surface area contributed by atoms with Gasteiger partial charge in [-0.25, -0.2) is 9.37 Å². The highest BCUT2D eigenvalue weighted by atomic mass is 32.1. The smallest absolute Gasteiger partial charge is 0.260 e. The van der Waals surface area contributed by atoms with Gasteiger partial charge in [0.25, 0.3) is 5.91 Å². The molecule has 1 aliphatic rings. The van der Waals surface area contributed by atoms with Crippen molar-refractivity contribution in [3.8, 4) is 0 Å². The second-order valence-corrected chi connectivity index (χ2v) is 5.96. The number of carbonyl (C=O) groups excluding carboxylic acids is 1. The highest BCUT2D eigenvalue weighted by Crippen LogP contribution is 2.31. The zero-order valence-electron chi connectivity index (χ0n) is 11.3. The zero-order valence-corrected chi connectivity index (χ0v) is 12.1. The van der Waals surface area contributed by atoms with E-state index in [1.165, 1.54) is 28.5 Å². The average Bonchev–Trinajstić information content (AvgIpc) is 2.97. The third kappa shape index (κ3) is 3.25. The van der Waals surface area contributed by atoms with Crippen LogP contribution in [0.1, 0.15) is 34.0 Å². The molecule has 0 aromatic carbocycles. The van der Waals surface area contributed by atoms with Crippen LogP contribution in [0, 0.1) is 5.82 Å². The van der Waals surface area contributed by atoms with E-state index in [2.05, 4.69) is 20.6 Å². The Balaban J connectivity index is 1.69. The Kier molecular flexibility index (Phi) is 4.21. The van der Waals surface area contributed by atoms with Crippen LogP contribution >= 0.6 is 11.3 Å². The number of hydrogen-bond acceptors (Lipinski definition) is 5. The Morgan fingerprint density at radius 2 is 2.19 bits per heavy atom. The Labute approximate surface area is 125 Å². The number of hydrogen-bond donors (Lipinski definition) is 2. The predicted molar refractivity (Wildman–Crippen MR) is 79.1 cm³/mol. The summed E-state index contributed by atoms with van der Waals surface area (Å²) in [6, 6.07) is 1.35. The zero-order chi connectivity index (χ0) is 14.7. The summed E-state index contributed by atoms with van der Waals surface area (Å²) in [5.41, 5.74) is -0.0244. The molecule has 0 spiro atoms. The minimum atomic E-state index is -0.634. The molecule has 0 atom stereocenters. The first-order valence-electron chi connectivity index (χ1n) is 6.81. The average molecular weight is 306 g/mol. The fraction of sp³-hybridized carbons (Fsp3) is 0.357. The molecular weight excluding hydrogens is 291 g/mol. The van der Waals surface area contributed by atoms with E-state index in [9.17, 15) is 9.18 Å². The molecule has 1 amide bonds. The first kappa shape index (κ1) is 14.1. The van der Waals surface area contributed by atoms with Crippen molar-refractivity contribution in [3.05, 3.63) is 40.9 Å². The maximum absolute atomic E-state index is 13.5. The van der Waals surface area contributed by atoms with Crippen molar-refractivity contribution in [1.29, 1.82) is 0 Å². The summed E-state index contributed by atoms with van der Waals surface area (Å²) >= 11 is 1.46. The third-order valence-corrected chi connectivity index (χ3v) is 4.58. The van der Waals surface area contributed by atoms with Crippen LogP contribution in [0.4, 0.5) is 9.52 Å². The van der Waals surface area contributed by atoms with E-state index in [0.29, 0.717) is 11.0 Å². The van der Waals surface area contributed by atoms with Gasteiger partial charge in [-0.05, 0) is 37.9 Å². The fourth-order valence-corrected chi connectivity index (χ4v) is 3.34. The van der Waals surface area contributed by atoms with Crippen molar-refractivity contribution in [2.24, 2.45) is 0 Å². The van der Waals surface area contributed by atoms with Gasteiger partial charge in [0.05, 0.1) is 11.8 Å². The van der Waals surface area contributed by atoms with Crippen LogP contribution < -0.4 is 10.6 Å². The molecule has 3 heterocycles. The van der Waals surface area contributed by atoms with E-state index < -0.39 is 11.7 Å². The molecule has 0 saturated carbocycles. The molecule has 21 heavy (non-hydrogen) atoms. The lowest BCUT2D eigenvalue weighted by Crippen LogP contribution is -2.26. The third-order valence-electron chi connectivity index (χ3n) is 3.50. The molecule has 1 saturated heterocycles. The van der Waals surface area contributed by atoms with Crippen LogP contribution in [0.15, 0.2) is 24.7 Å². The number of pyridine rings is 1. The lowest BCUT2D eigenvalue weighted by atomic mass is 9.97. The summed E-state index contributed by atoms with van der Waals surface area (Å²) in [7, 11) is 0. The lowest BCUT2D eigenvalue weighted by Gasteiger charge is -2.20. The van der Waals surface area contributed by atoms with Crippen molar-refractivity contribution in [2.45, 2.75) is 18.8 Å². The Morgan fingerprint density at radius 1 is 1.38 bits per heavy atom. The molecule has 1 fully saturated rings. The summed E-state index contributed by atoms with van der Waals surface area (Å²) in [4.78, 5) is 21.0. The molecule has 0 bridgehead atoms. The number of nitrogens with zero attached hydrogens (tertiary/aromatic N) is 2. The molecule has 0 radical (unpaired) electrons. The summed E-state index contributed by atoms with van der Waals surface area (Å²) in [6.07, 6.45) is 6.37. The van der Waals surface area contributed by atoms with Crippen LogP contribution in [0.2, 0.25) is 0 Å². The minimum Gasteiger partial charge on any atom is -0.317 e. The summed E-state index contributed by atoms with van der Waals surface area (Å²) < 4.78 is 13.5. The molecule has 0 unspecified atom stereocenters. The van der Waals surface area contributed by atoms with Gasteiger partial charge in [0.2, 0.25) is 0 Å². The molecule has 5 nitrogen and oxygen atoms in total. The van der Waals surface area contributed by atoms with Gasteiger partial charge in [0.15, 0.2) is 10.9 Å². The number of thiazole rings is 1. The largest absolute Gasteiger partial charge is 0.317 e.